The van der Waals surface area contributed by atoms with E-state index in [0.29, 0.717) is 5.69 Å². The van der Waals surface area contributed by atoms with E-state index < -0.39 is 10.0 Å². The number of nitrogens with one attached hydrogen (secondary N) is 1. The summed E-state index contributed by atoms with van der Waals surface area (Å²) in [6.45, 7) is 0. The molecule has 0 amide bonds. The zero-order chi connectivity index (χ0) is 10.9. The Bertz CT molecular complexity index is 542. The van der Waals surface area contributed by atoms with Gasteiger partial charge in [-0.2, -0.15) is 0 Å². The lowest BCUT2D eigenvalue weighted by Gasteiger charge is -1.95. The first-order valence-electron chi connectivity index (χ1n) is 4.07. The Morgan fingerprint density at radius 2 is 2.20 bits per heavy atom. The summed E-state index contributed by atoms with van der Waals surface area (Å²) >= 11 is 1.15. The van der Waals surface area contributed by atoms with E-state index in [4.69, 9.17) is 0 Å². The molecule has 0 saturated heterocycles. The van der Waals surface area contributed by atoms with Crippen molar-refractivity contribution in [2.75, 3.05) is 7.05 Å². The van der Waals surface area contributed by atoms with Crippen LogP contribution in [0.15, 0.2) is 33.2 Å². The van der Waals surface area contributed by atoms with Gasteiger partial charge in [0.15, 0.2) is 0 Å². The fraction of sp³-hybridized carbons (Fsp3) is 0.125. The van der Waals surface area contributed by atoms with E-state index in [1.54, 1.807) is 18.2 Å². The van der Waals surface area contributed by atoms with Crippen molar-refractivity contribution in [1.82, 2.24) is 9.88 Å². The highest BCUT2D eigenvalue weighted by Crippen LogP contribution is 2.29. The number of sulfonamides is 1. The van der Waals surface area contributed by atoms with Crippen LogP contribution in [0.3, 0.4) is 0 Å². The van der Waals surface area contributed by atoms with Crippen LogP contribution >= 0.6 is 11.3 Å². The standard InChI is InChI=1S/C8H8N2O3S2/c1-9-15(11,12)8-3-2-7(14-8)6-4-5-13-10-6/h2-5,9H,1H3. The van der Waals surface area contributed by atoms with Crippen molar-refractivity contribution in [3.63, 3.8) is 0 Å². The number of nitrogens with zero attached hydrogens (tertiary/aromatic N) is 1. The molecule has 0 aliphatic carbocycles. The Hall–Kier alpha value is -1.18. The van der Waals surface area contributed by atoms with Gasteiger partial charge >= 0.3 is 0 Å². The molecule has 0 atom stereocenters. The number of aromatic nitrogens is 1. The van der Waals surface area contributed by atoms with Gasteiger partial charge in [-0.25, -0.2) is 13.1 Å². The summed E-state index contributed by atoms with van der Waals surface area (Å²) in [6, 6.07) is 4.93. The first kappa shape index (κ1) is 10.3. The normalized spacial score (nSPS) is 11.8. The molecule has 0 aliphatic heterocycles. The van der Waals surface area contributed by atoms with E-state index in [0.717, 1.165) is 16.2 Å². The maximum absolute atomic E-state index is 11.4. The predicted molar refractivity (Wildman–Crippen MR) is 56.1 cm³/mol. The lowest BCUT2D eigenvalue weighted by molar-refractivity contribution is 0.422. The lowest BCUT2D eigenvalue weighted by atomic mass is 10.3. The topological polar surface area (TPSA) is 72.2 Å². The van der Waals surface area contributed by atoms with Crippen molar-refractivity contribution < 1.29 is 12.9 Å². The summed E-state index contributed by atoms with van der Waals surface area (Å²) in [5, 5.41) is 3.73. The van der Waals surface area contributed by atoms with Crippen molar-refractivity contribution in [3.05, 3.63) is 24.5 Å². The largest absolute Gasteiger partial charge is 0.364 e. The Morgan fingerprint density at radius 1 is 1.40 bits per heavy atom. The molecule has 0 aliphatic rings. The zero-order valence-electron chi connectivity index (χ0n) is 7.80. The van der Waals surface area contributed by atoms with Gasteiger partial charge in [0.2, 0.25) is 10.0 Å². The van der Waals surface area contributed by atoms with Gasteiger partial charge in [0.05, 0.1) is 4.88 Å². The third-order valence-corrected chi connectivity index (χ3v) is 4.82. The van der Waals surface area contributed by atoms with Gasteiger partial charge in [-0.1, -0.05) is 5.16 Å². The van der Waals surface area contributed by atoms with Gasteiger partial charge < -0.3 is 4.52 Å². The molecular weight excluding hydrogens is 236 g/mol. The minimum Gasteiger partial charge on any atom is -0.364 e. The third-order valence-electron chi connectivity index (χ3n) is 1.81. The fourth-order valence-electron chi connectivity index (χ4n) is 1.04. The molecule has 1 N–H and O–H groups in total. The van der Waals surface area contributed by atoms with Gasteiger partial charge in [0.1, 0.15) is 16.2 Å². The lowest BCUT2D eigenvalue weighted by Crippen LogP contribution is -2.17. The van der Waals surface area contributed by atoms with Gasteiger partial charge in [0, 0.05) is 6.07 Å². The maximum atomic E-state index is 11.4. The second kappa shape index (κ2) is 3.76. The average molecular weight is 244 g/mol. The minimum atomic E-state index is -3.36. The molecule has 0 spiro atoms. The van der Waals surface area contributed by atoms with Crippen LogP contribution in [0.25, 0.3) is 10.6 Å². The number of rotatable bonds is 3. The fourth-order valence-corrected chi connectivity index (χ4v) is 3.15. The molecule has 2 heterocycles. The van der Waals surface area contributed by atoms with Crippen LogP contribution in [0.2, 0.25) is 0 Å². The molecule has 15 heavy (non-hydrogen) atoms. The van der Waals surface area contributed by atoms with Crippen molar-refractivity contribution in [1.29, 1.82) is 0 Å². The Balaban J connectivity index is 2.41. The van der Waals surface area contributed by atoms with Gasteiger partial charge in [-0.15, -0.1) is 11.3 Å². The second-order valence-corrected chi connectivity index (χ2v) is 5.91. The first-order chi connectivity index (χ1) is 7.13. The molecule has 0 unspecified atom stereocenters. The summed E-state index contributed by atoms with van der Waals surface area (Å²) in [6.07, 6.45) is 1.45. The Labute approximate surface area is 90.8 Å². The number of thiophene rings is 1. The van der Waals surface area contributed by atoms with Crippen LogP contribution in [0, 0.1) is 0 Å². The zero-order valence-corrected chi connectivity index (χ0v) is 9.43. The molecule has 2 aromatic heterocycles. The van der Waals surface area contributed by atoms with Gasteiger partial charge in [-0.05, 0) is 19.2 Å². The van der Waals surface area contributed by atoms with Crippen molar-refractivity contribution in [2.45, 2.75) is 4.21 Å². The minimum absolute atomic E-state index is 0.267. The van der Waals surface area contributed by atoms with Crippen LogP contribution in [0.5, 0.6) is 0 Å². The predicted octanol–water partition coefficient (Wildman–Crippen LogP) is 1.31. The maximum Gasteiger partial charge on any atom is 0.249 e. The van der Waals surface area contributed by atoms with Crippen molar-refractivity contribution >= 4 is 21.4 Å². The van der Waals surface area contributed by atoms with Crippen molar-refractivity contribution in [3.8, 4) is 10.6 Å². The molecule has 0 bridgehead atoms. The summed E-state index contributed by atoms with van der Waals surface area (Å²) in [7, 11) is -1.98. The highest BCUT2D eigenvalue weighted by atomic mass is 32.2. The van der Waals surface area contributed by atoms with E-state index in [-0.39, 0.29) is 4.21 Å². The highest BCUT2D eigenvalue weighted by molar-refractivity contribution is 7.91. The van der Waals surface area contributed by atoms with Gasteiger partial charge in [0.25, 0.3) is 0 Å². The molecule has 0 saturated carbocycles. The Morgan fingerprint density at radius 3 is 2.80 bits per heavy atom. The molecule has 80 valence electrons. The second-order valence-electron chi connectivity index (χ2n) is 2.71. The monoisotopic (exact) mass is 244 g/mol. The molecular formula is C8H8N2O3S2. The summed E-state index contributed by atoms with van der Waals surface area (Å²) < 4.78 is 30.1. The molecule has 0 radical (unpaired) electrons. The summed E-state index contributed by atoms with van der Waals surface area (Å²) in [4.78, 5) is 0.762. The van der Waals surface area contributed by atoms with Crippen molar-refractivity contribution in [2.24, 2.45) is 0 Å². The smallest absolute Gasteiger partial charge is 0.249 e. The van der Waals surface area contributed by atoms with E-state index in [9.17, 15) is 8.42 Å². The van der Waals surface area contributed by atoms with E-state index >= 15 is 0 Å². The van der Waals surface area contributed by atoms with E-state index in [1.165, 1.54) is 13.3 Å². The quantitative estimate of drug-likeness (QED) is 0.883. The molecule has 0 aromatic carbocycles. The first-order valence-corrected chi connectivity index (χ1v) is 6.37. The molecule has 2 aromatic rings. The third kappa shape index (κ3) is 1.94. The van der Waals surface area contributed by atoms with Crippen LogP contribution in [0.4, 0.5) is 0 Å². The SMILES string of the molecule is CNS(=O)(=O)c1ccc(-c2ccon2)s1. The molecule has 2 rings (SSSR count). The Kier molecular flexibility index (Phi) is 2.59. The number of hydrogen-bond donors (Lipinski definition) is 1. The average Bonchev–Trinajstić information content (AvgIpc) is 2.88. The summed E-state index contributed by atoms with van der Waals surface area (Å²) in [5.74, 6) is 0. The van der Waals surface area contributed by atoms with Gasteiger partial charge in [-0.3, -0.25) is 0 Å². The number of hydrogen-bond acceptors (Lipinski definition) is 5. The van der Waals surface area contributed by atoms with Crippen LogP contribution in [-0.2, 0) is 10.0 Å². The molecule has 5 nitrogen and oxygen atoms in total. The van der Waals surface area contributed by atoms with Crippen LogP contribution in [0.1, 0.15) is 0 Å². The van der Waals surface area contributed by atoms with Crippen LogP contribution < -0.4 is 4.72 Å². The molecule has 7 heteroatoms. The highest BCUT2D eigenvalue weighted by Gasteiger charge is 2.15. The molecule has 0 fully saturated rings. The van der Waals surface area contributed by atoms with E-state index in [1.807, 2.05) is 0 Å². The summed E-state index contributed by atoms with van der Waals surface area (Å²) in [5.41, 5.74) is 0.637. The van der Waals surface area contributed by atoms with Crippen LogP contribution in [-0.4, -0.2) is 20.6 Å². The van der Waals surface area contributed by atoms with E-state index in [2.05, 4.69) is 14.4 Å².